The van der Waals surface area contributed by atoms with Crippen LogP contribution in [0.2, 0.25) is 0 Å². The first-order chi connectivity index (χ1) is 17.1. The Balaban J connectivity index is 2.72. The van der Waals surface area contributed by atoms with Crippen LogP contribution in [-0.2, 0) is 16.1 Å². The highest BCUT2D eigenvalue weighted by molar-refractivity contribution is 5.95. The Morgan fingerprint density at radius 2 is 1.69 bits per heavy atom. The van der Waals surface area contributed by atoms with Crippen LogP contribution in [0.4, 0.5) is 0 Å². The number of ether oxygens (including phenoxy) is 1. The number of hydrogen-bond donors (Lipinski definition) is 4. The third-order valence-electron chi connectivity index (χ3n) is 6.87. The maximum Gasteiger partial charge on any atom is 0.251 e. The second-order valence-corrected chi connectivity index (χ2v) is 10.6. The second-order valence-electron chi connectivity index (χ2n) is 10.6. The first-order valence-corrected chi connectivity index (χ1v) is 13.8. The highest BCUT2D eigenvalue weighted by Gasteiger charge is 2.29. The highest BCUT2D eigenvalue weighted by Crippen LogP contribution is 2.23. The van der Waals surface area contributed by atoms with E-state index in [-0.39, 0.29) is 35.5 Å². The summed E-state index contributed by atoms with van der Waals surface area (Å²) in [4.78, 5) is 25.6. The van der Waals surface area contributed by atoms with E-state index in [1.165, 1.54) is 0 Å². The Hall–Kier alpha value is -1.96. The molecule has 0 aromatic heterocycles. The summed E-state index contributed by atoms with van der Waals surface area (Å²) in [5, 5.41) is 16.9. The number of nitrogens with two attached hydrogens (primary N) is 1. The topological polar surface area (TPSA) is 114 Å². The van der Waals surface area contributed by atoms with Crippen molar-refractivity contribution in [3.8, 4) is 0 Å². The van der Waals surface area contributed by atoms with Crippen LogP contribution in [0, 0.1) is 23.7 Å². The van der Waals surface area contributed by atoms with Gasteiger partial charge in [0.2, 0.25) is 5.91 Å². The quantitative estimate of drug-likeness (QED) is 0.223. The Labute approximate surface area is 218 Å². The summed E-state index contributed by atoms with van der Waals surface area (Å²) in [6.07, 6.45) is 2.99. The SMILES string of the molecule is CCCCNC(=O)[C@@H](C[C@H](O)C(N)CC(CNC(=O)c1ccccc1COCCC)C(C)C)C(C)C. The van der Waals surface area contributed by atoms with Gasteiger partial charge in [-0.1, -0.05) is 66.2 Å². The molecule has 1 rings (SSSR count). The highest BCUT2D eigenvalue weighted by atomic mass is 16.5. The van der Waals surface area contributed by atoms with Gasteiger partial charge in [-0.15, -0.1) is 0 Å². The fourth-order valence-electron chi connectivity index (χ4n) is 4.25. The molecule has 0 bridgehead atoms. The molecule has 0 aliphatic carbocycles. The minimum absolute atomic E-state index is 0.0149. The minimum Gasteiger partial charge on any atom is -0.391 e. The van der Waals surface area contributed by atoms with Crippen LogP contribution in [-0.4, -0.2) is 48.8 Å². The summed E-state index contributed by atoms with van der Waals surface area (Å²) in [5.41, 5.74) is 7.91. The van der Waals surface area contributed by atoms with Crippen LogP contribution in [0.25, 0.3) is 0 Å². The summed E-state index contributed by atoms with van der Waals surface area (Å²) in [6.45, 7) is 14.5. The van der Waals surface area contributed by atoms with Gasteiger partial charge in [0, 0.05) is 37.2 Å². The molecule has 7 heteroatoms. The molecule has 7 nitrogen and oxygen atoms in total. The molecule has 2 amide bonds. The molecule has 0 spiro atoms. The van der Waals surface area contributed by atoms with E-state index in [9.17, 15) is 14.7 Å². The van der Waals surface area contributed by atoms with Gasteiger partial charge < -0.3 is 26.2 Å². The maximum atomic E-state index is 13.0. The molecule has 4 atom stereocenters. The average Bonchev–Trinajstić information content (AvgIpc) is 2.84. The van der Waals surface area contributed by atoms with E-state index in [1.54, 1.807) is 0 Å². The summed E-state index contributed by atoms with van der Waals surface area (Å²) < 4.78 is 5.64. The van der Waals surface area contributed by atoms with E-state index in [4.69, 9.17) is 10.5 Å². The van der Waals surface area contributed by atoms with E-state index < -0.39 is 12.1 Å². The molecule has 5 N–H and O–H groups in total. The van der Waals surface area contributed by atoms with Gasteiger partial charge in [-0.25, -0.2) is 0 Å². The molecule has 36 heavy (non-hydrogen) atoms. The lowest BCUT2D eigenvalue weighted by Gasteiger charge is -2.30. The smallest absolute Gasteiger partial charge is 0.251 e. The van der Waals surface area contributed by atoms with Gasteiger partial charge in [-0.2, -0.15) is 0 Å². The number of carbonyl (C=O) groups excluding carboxylic acids is 2. The molecule has 0 fully saturated rings. The lowest BCUT2D eigenvalue weighted by molar-refractivity contribution is -0.127. The van der Waals surface area contributed by atoms with E-state index >= 15 is 0 Å². The normalized spacial score (nSPS) is 14.9. The second kappa shape index (κ2) is 17.5. The van der Waals surface area contributed by atoms with Crippen LogP contribution >= 0.6 is 0 Å². The number of aliphatic hydroxyl groups excluding tert-OH is 1. The van der Waals surface area contributed by atoms with Crippen molar-refractivity contribution in [3.63, 3.8) is 0 Å². The predicted molar refractivity (Wildman–Crippen MR) is 147 cm³/mol. The summed E-state index contributed by atoms with van der Waals surface area (Å²) >= 11 is 0. The lowest BCUT2D eigenvalue weighted by Crippen LogP contribution is -2.44. The Morgan fingerprint density at radius 1 is 1.00 bits per heavy atom. The average molecular weight is 506 g/mol. The number of carbonyl (C=O) groups is 2. The first-order valence-electron chi connectivity index (χ1n) is 13.8. The fourth-order valence-corrected chi connectivity index (χ4v) is 4.25. The van der Waals surface area contributed by atoms with Gasteiger partial charge in [-0.05, 0) is 55.1 Å². The van der Waals surface area contributed by atoms with Crippen molar-refractivity contribution < 1.29 is 19.4 Å². The molecule has 0 saturated carbocycles. The number of rotatable bonds is 18. The molecule has 0 heterocycles. The zero-order valence-corrected chi connectivity index (χ0v) is 23.4. The largest absolute Gasteiger partial charge is 0.391 e. The monoisotopic (exact) mass is 505 g/mol. The number of unbranched alkanes of at least 4 members (excludes halogenated alkanes) is 1. The summed E-state index contributed by atoms with van der Waals surface area (Å²) in [7, 11) is 0. The van der Waals surface area contributed by atoms with Gasteiger partial charge in [0.05, 0.1) is 12.7 Å². The van der Waals surface area contributed by atoms with E-state index in [0.29, 0.717) is 44.7 Å². The van der Waals surface area contributed by atoms with Gasteiger partial charge >= 0.3 is 0 Å². The number of aliphatic hydroxyl groups is 1. The van der Waals surface area contributed by atoms with Crippen molar-refractivity contribution in [2.45, 2.75) is 92.4 Å². The third kappa shape index (κ3) is 11.4. The van der Waals surface area contributed by atoms with Crippen molar-refractivity contribution in [1.82, 2.24) is 10.6 Å². The third-order valence-corrected chi connectivity index (χ3v) is 6.87. The Kier molecular flexibility index (Phi) is 15.6. The molecule has 1 aromatic carbocycles. The lowest BCUT2D eigenvalue weighted by atomic mass is 9.83. The van der Waals surface area contributed by atoms with Crippen molar-refractivity contribution in [1.29, 1.82) is 0 Å². The molecule has 0 aliphatic rings. The maximum absolute atomic E-state index is 13.0. The number of hydrogen-bond acceptors (Lipinski definition) is 5. The van der Waals surface area contributed by atoms with Crippen LogP contribution in [0.3, 0.4) is 0 Å². The number of nitrogens with one attached hydrogen (secondary N) is 2. The zero-order chi connectivity index (χ0) is 27.1. The molecule has 0 saturated heterocycles. The van der Waals surface area contributed by atoms with E-state index in [0.717, 1.165) is 24.8 Å². The van der Waals surface area contributed by atoms with Crippen molar-refractivity contribution in [2.75, 3.05) is 19.7 Å². The molecular weight excluding hydrogens is 454 g/mol. The van der Waals surface area contributed by atoms with Gasteiger partial charge in [-0.3, -0.25) is 9.59 Å². The van der Waals surface area contributed by atoms with Gasteiger partial charge in [0.15, 0.2) is 0 Å². The standard InChI is InChI=1S/C29H51N3O4/c1-7-9-14-31-29(35)25(21(5)6)17-27(33)26(30)16-23(20(3)4)18-32-28(34)24-13-11-10-12-22(24)19-36-15-8-2/h10-13,20-21,23,25-27,33H,7-9,14-19,30H2,1-6H3,(H,31,35)(H,32,34)/t23?,25-,26?,27-/m0/s1. The van der Waals surface area contributed by atoms with Crippen LogP contribution < -0.4 is 16.4 Å². The number of amides is 2. The molecule has 2 unspecified atom stereocenters. The molecule has 0 aliphatic heterocycles. The van der Waals surface area contributed by atoms with Crippen LogP contribution in [0.1, 0.15) is 89.6 Å². The predicted octanol–water partition coefficient (Wildman–Crippen LogP) is 4.27. The van der Waals surface area contributed by atoms with Gasteiger partial charge in [0.1, 0.15) is 0 Å². The van der Waals surface area contributed by atoms with Crippen molar-refractivity contribution in [3.05, 3.63) is 35.4 Å². The molecular formula is C29H51N3O4. The molecule has 1 aromatic rings. The Morgan fingerprint density at radius 3 is 2.31 bits per heavy atom. The molecule has 0 radical (unpaired) electrons. The van der Waals surface area contributed by atoms with Crippen molar-refractivity contribution in [2.24, 2.45) is 29.4 Å². The van der Waals surface area contributed by atoms with Crippen LogP contribution in [0.5, 0.6) is 0 Å². The first kappa shape index (κ1) is 32.1. The van der Waals surface area contributed by atoms with E-state index in [2.05, 4.69) is 38.3 Å². The van der Waals surface area contributed by atoms with E-state index in [1.807, 2.05) is 38.1 Å². The van der Waals surface area contributed by atoms with Crippen LogP contribution in [0.15, 0.2) is 24.3 Å². The van der Waals surface area contributed by atoms with Crippen molar-refractivity contribution >= 4 is 11.8 Å². The zero-order valence-electron chi connectivity index (χ0n) is 23.4. The molecule has 206 valence electrons. The summed E-state index contributed by atoms with van der Waals surface area (Å²) in [6, 6.07) is 7.02. The van der Waals surface area contributed by atoms with Gasteiger partial charge in [0.25, 0.3) is 5.91 Å². The summed E-state index contributed by atoms with van der Waals surface area (Å²) in [5.74, 6) is 0.0394. The number of benzene rings is 1. The minimum atomic E-state index is -0.789. The fraction of sp³-hybridized carbons (Fsp3) is 0.724. The Bertz CT molecular complexity index is 769.